The molecule has 27 heavy (non-hydrogen) atoms. The van der Waals surface area contributed by atoms with Gasteiger partial charge < -0.3 is 14.4 Å². The molecule has 0 bridgehead atoms. The number of hydrogen-bond acceptors (Lipinski definition) is 4. The van der Waals surface area contributed by atoms with E-state index in [0.29, 0.717) is 6.54 Å². The summed E-state index contributed by atoms with van der Waals surface area (Å²) in [5.74, 6) is 0.100. The van der Waals surface area contributed by atoms with E-state index in [0.717, 1.165) is 37.0 Å². The van der Waals surface area contributed by atoms with E-state index in [1.54, 1.807) is 19.1 Å². The van der Waals surface area contributed by atoms with Crippen molar-refractivity contribution in [1.82, 2.24) is 4.90 Å². The molecule has 1 amide bonds. The summed E-state index contributed by atoms with van der Waals surface area (Å²) in [5.41, 5.74) is 0.911. The number of esters is 1. The van der Waals surface area contributed by atoms with Crippen molar-refractivity contribution in [2.45, 2.75) is 58.6 Å². The van der Waals surface area contributed by atoms with E-state index < -0.39 is 0 Å². The van der Waals surface area contributed by atoms with Crippen molar-refractivity contribution < 1.29 is 19.1 Å². The van der Waals surface area contributed by atoms with Gasteiger partial charge in [0.15, 0.2) is 0 Å². The number of amides is 1. The maximum Gasteiger partial charge on any atom is 0.310 e. The summed E-state index contributed by atoms with van der Waals surface area (Å²) in [4.78, 5) is 26.5. The van der Waals surface area contributed by atoms with E-state index in [1.165, 1.54) is 7.11 Å². The Hall–Kier alpha value is -2.30. The van der Waals surface area contributed by atoms with Gasteiger partial charge in [0, 0.05) is 18.7 Å². The monoisotopic (exact) mass is 373 g/mol. The molecule has 1 atom stereocenters. The maximum absolute atomic E-state index is 12.9. The first-order valence-electron chi connectivity index (χ1n) is 9.74. The minimum absolute atomic E-state index is 0.0622. The number of nitrogens with zero attached hydrogens (tertiary/aromatic N) is 1. The van der Waals surface area contributed by atoms with Crippen molar-refractivity contribution in [3.05, 3.63) is 35.9 Å². The van der Waals surface area contributed by atoms with Crippen LogP contribution in [0.25, 0.3) is 6.08 Å². The van der Waals surface area contributed by atoms with Gasteiger partial charge in [0.2, 0.25) is 5.91 Å². The van der Waals surface area contributed by atoms with Crippen molar-refractivity contribution >= 4 is 18.0 Å². The summed E-state index contributed by atoms with van der Waals surface area (Å²) < 4.78 is 10.5. The number of methoxy groups -OCH3 is 1. The minimum Gasteiger partial charge on any atom is -0.491 e. The van der Waals surface area contributed by atoms with Crippen molar-refractivity contribution in [1.29, 1.82) is 0 Å². The van der Waals surface area contributed by atoms with Crippen LogP contribution < -0.4 is 4.74 Å². The molecular formula is C22H31NO4. The molecule has 1 unspecified atom stereocenters. The van der Waals surface area contributed by atoms with Crippen LogP contribution in [0.4, 0.5) is 0 Å². The van der Waals surface area contributed by atoms with Crippen LogP contribution in [0, 0.1) is 5.92 Å². The SMILES string of the molecule is COC(=O)C(C)CN(C(=O)/C=C/c1cccc(OC(C)C)c1)C1CCCC1. The van der Waals surface area contributed by atoms with Gasteiger partial charge in [-0.05, 0) is 50.5 Å². The molecule has 1 aliphatic carbocycles. The fraction of sp³-hybridized carbons (Fsp3) is 0.545. The summed E-state index contributed by atoms with van der Waals surface area (Å²) in [5, 5.41) is 0. The third-order valence-corrected chi connectivity index (χ3v) is 4.77. The third kappa shape index (κ3) is 6.42. The van der Waals surface area contributed by atoms with Crippen molar-refractivity contribution in [2.75, 3.05) is 13.7 Å². The van der Waals surface area contributed by atoms with Gasteiger partial charge >= 0.3 is 5.97 Å². The summed E-state index contributed by atoms with van der Waals surface area (Å²) in [6.45, 7) is 6.15. The Morgan fingerprint density at radius 1 is 1.22 bits per heavy atom. The summed E-state index contributed by atoms with van der Waals surface area (Å²) in [6.07, 6.45) is 7.73. The van der Waals surface area contributed by atoms with Crippen LogP contribution in [0.1, 0.15) is 52.0 Å². The van der Waals surface area contributed by atoms with Crippen LogP contribution in [0.2, 0.25) is 0 Å². The number of benzene rings is 1. The third-order valence-electron chi connectivity index (χ3n) is 4.77. The van der Waals surface area contributed by atoms with Crippen molar-refractivity contribution in [3.8, 4) is 5.75 Å². The van der Waals surface area contributed by atoms with E-state index in [4.69, 9.17) is 9.47 Å². The molecule has 0 aliphatic heterocycles. The van der Waals surface area contributed by atoms with Gasteiger partial charge in [-0.15, -0.1) is 0 Å². The Morgan fingerprint density at radius 3 is 2.56 bits per heavy atom. The molecule has 2 rings (SSSR count). The largest absolute Gasteiger partial charge is 0.491 e. The number of carbonyl (C=O) groups excluding carboxylic acids is 2. The average molecular weight is 373 g/mol. The smallest absolute Gasteiger partial charge is 0.310 e. The van der Waals surface area contributed by atoms with Crippen molar-refractivity contribution in [3.63, 3.8) is 0 Å². The fourth-order valence-corrected chi connectivity index (χ4v) is 3.43. The van der Waals surface area contributed by atoms with Crippen LogP contribution in [0.5, 0.6) is 5.75 Å². The zero-order valence-electron chi connectivity index (χ0n) is 16.8. The van der Waals surface area contributed by atoms with Crippen molar-refractivity contribution in [2.24, 2.45) is 5.92 Å². The normalized spacial score (nSPS) is 15.9. The number of rotatable bonds is 8. The highest BCUT2D eigenvalue weighted by atomic mass is 16.5. The molecule has 0 N–H and O–H groups in total. The first kappa shape index (κ1) is 21.0. The van der Waals surface area contributed by atoms with Gasteiger partial charge in [-0.1, -0.05) is 31.9 Å². The molecule has 5 heteroatoms. The van der Waals surface area contributed by atoms with Gasteiger partial charge in [-0.25, -0.2) is 0 Å². The Balaban J connectivity index is 2.10. The van der Waals surface area contributed by atoms with Crippen LogP contribution >= 0.6 is 0 Å². The van der Waals surface area contributed by atoms with Crippen LogP contribution in [0.15, 0.2) is 30.3 Å². The lowest BCUT2D eigenvalue weighted by molar-refractivity contribution is -0.146. The molecule has 1 saturated carbocycles. The maximum atomic E-state index is 12.9. The molecule has 1 aliphatic rings. The Kier molecular flexibility index (Phi) is 7.89. The fourth-order valence-electron chi connectivity index (χ4n) is 3.43. The Bertz CT molecular complexity index is 662. The van der Waals surface area contributed by atoms with Gasteiger partial charge in [0.1, 0.15) is 5.75 Å². The molecular weight excluding hydrogens is 342 g/mol. The van der Waals surface area contributed by atoms with Crippen LogP contribution in [0.3, 0.4) is 0 Å². The van der Waals surface area contributed by atoms with E-state index in [9.17, 15) is 9.59 Å². The molecule has 148 valence electrons. The van der Waals surface area contributed by atoms with Gasteiger partial charge in [-0.3, -0.25) is 9.59 Å². The Morgan fingerprint density at radius 2 is 1.93 bits per heavy atom. The number of ether oxygens (including phenoxy) is 2. The van der Waals surface area contributed by atoms with E-state index in [1.807, 2.05) is 43.0 Å². The molecule has 0 spiro atoms. The lowest BCUT2D eigenvalue weighted by Crippen LogP contribution is -2.42. The molecule has 0 saturated heterocycles. The van der Waals surface area contributed by atoms with Gasteiger partial charge in [0.05, 0.1) is 19.1 Å². The highest BCUT2D eigenvalue weighted by Gasteiger charge is 2.28. The highest BCUT2D eigenvalue weighted by Crippen LogP contribution is 2.25. The lowest BCUT2D eigenvalue weighted by Gasteiger charge is -2.29. The second-order valence-electron chi connectivity index (χ2n) is 7.43. The summed E-state index contributed by atoms with van der Waals surface area (Å²) in [6, 6.07) is 7.87. The van der Waals surface area contributed by atoms with Gasteiger partial charge in [0.25, 0.3) is 0 Å². The predicted octanol–water partition coefficient (Wildman–Crippen LogP) is 4.07. The van der Waals surface area contributed by atoms with E-state index in [2.05, 4.69) is 0 Å². The van der Waals surface area contributed by atoms with E-state index >= 15 is 0 Å². The summed E-state index contributed by atoms with van der Waals surface area (Å²) >= 11 is 0. The topological polar surface area (TPSA) is 55.8 Å². The van der Waals surface area contributed by atoms with Gasteiger partial charge in [-0.2, -0.15) is 0 Å². The zero-order valence-corrected chi connectivity index (χ0v) is 16.8. The lowest BCUT2D eigenvalue weighted by atomic mass is 10.1. The molecule has 0 aromatic heterocycles. The minimum atomic E-state index is -0.337. The first-order chi connectivity index (χ1) is 12.9. The molecule has 1 aromatic carbocycles. The molecule has 0 heterocycles. The summed E-state index contributed by atoms with van der Waals surface area (Å²) in [7, 11) is 1.38. The second-order valence-corrected chi connectivity index (χ2v) is 7.43. The van der Waals surface area contributed by atoms with Crippen LogP contribution in [-0.2, 0) is 14.3 Å². The molecule has 1 fully saturated rings. The Labute approximate surface area is 162 Å². The average Bonchev–Trinajstić information content (AvgIpc) is 3.17. The quantitative estimate of drug-likeness (QED) is 0.509. The molecule has 5 nitrogen and oxygen atoms in total. The molecule has 1 aromatic rings. The second kappa shape index (κ2) is 10.1. The highest BCUT2D eigenvalue weighted by molar-refractivity contribution is 5.92. The molecule has 0 radical (unpaired) electrons. The predicted molar refractivity (Wildman–Crippen MR) is 106 cm³/mol. The first-order valence-corrected chi connectivity index (χ1v) is 9.74. The standard InChI is InChI=1S/C22H31NO4/c1-16(2)27-20-11-7-8-18(14-20)12-13-21(24)23(19-9-5-6-10-19)15-17(3)22(25)26-4/h7-8,11-14,16-17,19H,5-6,9-10,15H2,1-4H3/b13-12+. The number of hydrogen-bond donors (Lipinski definition) is 0. The number of carbonyl (C=O) groups is 2. The van der Waals surface area contributed by atoms with Crippen LogP contribution in [-0.4, -0.2) is 42.6 Å². The zero-order chi connectivity index (χ0) is 19.8. The van der Waals surface area contributed by atoms with E-state index in [-0.39, 0.29) is 29.9 Å².